The summed E-state index contributed by atoms with van der Waals surface area (Å²) >= 11 is 6.20. The Morgan fingerprint density at radius 3 is 2.60 bits per heavy atom. The number of aliphatic hydroxyl groups is 1. The molecule has 0 saturated heterocycles. The molecule has 1 N–H and O–H groups in total. The second-order valence-electron chi connectivity index (χ2n) is 10.7. The molecule has 2 aromatic carbocycles. The third kappa shape index (κ3) is 5.01. The van der Waals surface area contributed by atoms with Crippen molar-refractivity contribution in [1.82, 2.24) is 9.88 Å². The highest BCUT2D eigenvalue weighted by Gasteiger charge is 2.56. The lowest BCUT2D eigenvalue weighted by Crippen LogP contribution is -2.50. The Morgan fingerprint density at radius 2 is 2.00 bits per heavy atom. The minimum Gasteiger partial charge on any atom is -0.390 e. The Hall–Kier alpha value is -3.64. The number of fused-ring (bicyclic) bond motifs is 1. The molecule has 40 heavy (non-hydrogen) atoms. The van der Waals surface area contributed by atoms with Crippen molar-refractivity contribution in [3.63, 3.8) is 0 Å². The zero-order valence-corrected chi connectivity index (χ0v) is 23.0. The fourth-order valence-corrected chi connectivity index (χ4v) is 5.68. The topological polar surface area (TPSA) is 104 Å². The number of hydrogen-bond acceptors (Lipinski definition) is 6. The lowest BCUT2D eigenvalue weighted by Gasteiger charge is -2.41. The van der Waals surface area contributed by atoms with E-state index in [1.54, 1.807) is 36.4 Å². The molecule has 3 unspecified atom stereocenters. The third-order valence-electron chi connectivity index (χ3n) is 7.45. The number of aromatic nitrogens is 1. The van der Waals surface area contributed by atoms with E-state index < -0.39 is 29.7 Å². The van der Waals surface area contributed by atoms with Crippen LogP contribution in [0.25, 0.3) is 0 Å². The summed E-state index contributed by atoms with van der Waals surface area (Å²) in [5, 5.41) is 20.4. The van der Waals surface area contributed by atoms with Gasteiger partial charge in [-0.05, 0) is 61.6 Å². The second kappa shape index (κ2) is 11.1. The largest absolute Gasteiger partial charge is 0.390 e. The first-order valence-corrected chi connectivity index (χ1v) is 13.7. The summed E-state index contributed by atoms with van der Waals surface area (Å²) in [6.45, 7) is 3.70. The van der Waals surface area contributed by atoms with Gasteiger partial charge in [-0.2, -0.15) is 5.26 Å². The highest BCUT2D eigenvalue weighted by molar-refractivity contribution is 6.30. The maximum Gasteiger partial charge on any atom is 0.257 e. The molecule has 2 aliphatic rings. The van der Waals surface area contributed by atoms with Crippen LogP contribution in [0.2, 0.25) is 5.02 Å². The number of pyridine rings is 1. The molecule has 1 aliphatic heterocycles. The molecule has 1 saturated carbocycles. The van der Waals surface area contributed by atoms with Crippen molar-refractivity contribution in [2.24, 2.45) is 5.92 Å². The van der Waals surface area contributed by atoms with Crippen molar-refractivity contribution >= 4 is 23.3 Å². The Bertz CT molecular complexity index is 1490. The van der Waals surface area contributed by atoms with Gasteiger partial charge in [-0.15, -0.1) is 0 Å². The monoisotopic (exact) mass is 561 g/mol. The van der Waals surface area contributed by atoms with Crippen LogP contribution >= 0.6 is 11.6 Å². The lowest BCUT2D eigenvalue weighted by atomic mass is 9.90. The van der Waals surface area contributed by atoms with Crippen LogP contribution in [0.1, 0.15) is 82.6 Å². The van der Waals surface area contributed by atoms with Gasteiger partial charge in [0, 0.05) is 28.8 Å². The fraction of sp³-hybridized carbons (Fsp3) is 0.355. The van der Waals surface area contributed by atoms with E-state index in [-0.39, 0.29) is 41.4 Å². The molecular weight excluding hydrogens is 533 g/mol. The molecule has 0 spiro atoms. The van der Waals surface area contributed by atoms with Crippen molar-refractivity contribution < 1.29 is 23.8 Å². The number of hydrogen-bond donors (Lipinski definition) is 1. The number of aliphatic hydroxyl groups excluding tert-OH is 1. The summed E-state index contributed by atoms with van der Waals surface area (Å²) in [5.74, 6) is -1.50. The third-order valence-corrected chi connectivity index (χ3v) is 7.70. The van der Waals surface area contributed by atoms with Crippen LogP contribution < -0.4 is 0 Å². The Kier molecular flexibility index (Phi) is 7.74. The van der Waals surface area contributed by atoms with E-state index in [1.165, 1.54) is 23.2 Å². The van der Waals surface area contributed by atoms with Gasteiger partial charge in [-0.3, -0.25) is 19.5 Å². The average molecular weight is 562 g/mol. The molecule has 0 bridgehead atoms. The first-order chi connectivity index (χ1) is 19.1. The summed E-state index contributed by atoms with van der Waals surface area (Å²) in [5.41, 5.74) is -0.415. The van der Waals surface area contributed by atoms with Gasteiger partial charge < -0.3 is 9.84 Å². The number of Topliss-reactive ketones (excluding diaryl/α,β-unsaturated/α-hetero) is 1. The van der Waals surface area contributed by atoms with E-state index in [0.717, 1.165) is 0 Å². The first-order valence-electron chi connectivity index (χ1n) is 13.3. The number of nitrogens with zero attached hydrogens (tertiary/aromatic N) is 3. The van der Waals surface area contributed by atoms with Gasteiger partial charge in [0.15, 0.2) is 5.78 Å². The normalized spacial score (nSPS) is 22.0. The number of carbonyl (C=O) groups is 2. The van der Waals surface area contributed by atoms with Crippen LogP contribution in [0.5, 0.6) is 0 Å². The highest BCUT2D eigenvalue weighted by Crippen LogP contribution is 2.49. The summed E-state index contributed by atoms with van der Waals surface area (Å²) in [6.07, 6.45) is 1.89. The lowest BCUT2D eigenvalue weighted by molar-refractivity contribution is -0.169. The van der Waals surface area contributed by atoms with Gasteiger partial charge in [0.1, 0.15) is 11.9 Å². The molecule has 1 amide bonds. The van der Waals surface area contributed by atoms with E-state index in [0.29, 0.717) is 41.1 Å². The summed E-state index contributed by atoms with van der Waals surface area (Å²) in [7, 11) is 0. The van der Waals surface area contributed by atoms with Crippen LogP contribution in [-0.2, 0) is 17.0 Å². The molecule has 7 nitrogen and oxygen atoms in total. The van der Waals surface area contributed by atoms with Gasteiger partial charge in [0.05, 0.1) is 41.1 Å². The predicted molar refractivity (Wildman–Crippen MR) is 146 cm³/mol. The smallest absolute Gasteiger partial charge is 0.257 e. The Labute approximate surface area is 237 Å². The van der Waals surface area contributed by atoms with Crippen LogP contribution in [-0.4, -0.2) is 38.9 Å². The highest BCUT2D eigenvalue weighted by atomic mass is 35.5. The van der Waals surface area contributed by atoms with Crippen molar-refractivity contribution in [3.05, 3.63) is 99.1 Å². The fourth-order valence-electron chi connectivity index (χ4n) is 5.55. The predicted octanol–water partition coefficient (Wildman–Crippen LogP) is 5.76. The zero-order chi connectivity index (χ0) is 28.6. The minimum absolute atomic E-state index is 0.0168. The molecule has 5 rings (SSSR count). The standard InChI is InChI=1S/C31H29ClFN3O4/c1-18(2)12-27(38)20-13-24-29(25(33)14-20)31(21-7-9-22(32)10-8-21,40-28-5-3-4-26(28)37)36(30(24)39)17-23-11-6-19(15-34)16-35-23/h6-11,13-14,16,18,26,28,37H,3-5,12,17H2,1-2H3. The molecular formula is C31H29ClFN3O4. The van der Waals surface area contributed by atoms with Crippen molar-refractivity contribution in [3.8, 4) is 6.07 Å². The van der Waals surface area contributed by atoms with E-state index in [1.807, 2.05) is 19.9 Å². The number of benzene rings is 2. The molecule has 206 valence electrons. The van der Waals surface area contributed by atoms with Crippen LogP contribution in [0.4, 0.5) is 4.39 Å². The van der Waals surface area contributed by atoms with Crippen LogP contribution in [0.15, 0.2) is 54.7 Å². The minimum atomic E-state index is -1.77. The first kappa shape index (κ1) is 27.9. The van der Waals surface area contributed by atoms with Crippen molar-refractivity contribution in [1.29, 1.82) is 5.26 Å². The average Bonchev–Trinajstić information content (AvgIpc) is 3.43. The molecule has 0 radical (unpaired) electrons. The van der Waals surface area contributed by atoms with E-state index >= 15 is 4.39 Å². The van der Waals surface area contributed by atoms with E-state index in [9.17, 15) is 20.0 Å². The Balaban J connectivity index is 1.73. The summed E-state index contributed by atoms with van der Waals surface area (Å²) < 4.78 is 23.0. The van der Waals surface area contributed by atoms with Gasteiger partial charge in [-0.25, -0.2) is 4.39 Å². The second-order valence-corrected chi connectivity index (χ2v) is 11.2. The van der Waals surface area contributed by atoms with Crippen LogP contribution in [0, 0.1) is 23.1 Å². The molecule has 1 aromatic heterocycles. The molecule has 3 aromatic rings. The Morgan fingerprint density at radius 1 is 1.25 bits per heavy atom. The molecule has 1 aliphatic carbocycles. The molecule has 2 heterocycles. The number of nitriles is 1. The van der Waals surface area contributed by atoms with Crippen molar-refractivity contribution in [2.45, 2.75) is 64.0 Å². The van der Waals surface area contributed by atoms with E-state index in [4.69, 9.17) is 16.3 Å². The number of amides is 1. The zero-order valence-electron chi connectivity index (χ0n) is 22.2. The van der Waals surface area contributed by atoms with Gasteiger partial charge >= 0.3 is 0 Å². The number of rotatable bonds is 8. The summed E-state index contributed by atoms with van der Waals surface area (Å²) in [4.78, 5) is 32.8. The maximum absolute atomic E-state index is 16.3. The van der Waals surface area contributed by atoms with Gasteiger partial charge in [-0.1, -0.05) is 37.6 Å². The molecule has 1 fully saturated rings. The number of carbonyl (C=O) groups excluding carboxylic acids is 2. The molecule has 3 atom stereocenters. The van der Waals surface area contributed by atoms with Gasteiger partial charge in [0.2, 0.25) is 5.72 Å². The van der Waals surface area contributed by atoms with Crippen LogP contribution in [0.3, 0.4) is 0 Å². The van der Waals surface area contributed by atoms with Crippen molar-refractivity contribution in [2.75, 3.05) is 0 Å². The molecule has 9 heteroatoms. The number of halogens is 2. The van der Waals surface area contributed by atoms with Gasteiger partial charge in [0.25, 0.3) is 5.91 Å². The maximum atomic E-state index is 16.3. The number of ether oxygens (including phenoxy) is 1. The number of ketones is 1. The SMILES string of the molecule is CC(C)CC(=O)c1cc(F)c2c(c1)C(=O)N(Cc1ccc(C#N)cn1)C2(OC1CCCC1O)c1ccc(Cl)cc1. The van der Waals surface area contributed by atoms with E-state index in [2.05, 4.69) is 4.98 Å². The summed E-state index contributed by atoms with van der Waals surface area (Å²) in [6, 6.07) is 14.4. The quantitative estimate of drug-likeness (QED) is 0.351.